The fourth-order valence-corrected chi connectivity index (χ4v) is 3.79. The maximum Gasteiger partial charge on any atom is 0.250 e. The van der Waals surface area contributed by atoms with Crippen LogP contribution in [0.1, 0.15) is 0 Å². The minimum atomic E-state index is -4.11. The van der Waals surface area contributed by atoms with Gasteiger partial charge in [0.1, 0.15) is 12.0 Å². The summed E-state index contributed by atoms with van der Waals surface area (Å²) in [6, 6.07) is 15.1. The molecule has 0 fully saturated rings. The van der Waals surface area contributed by atoms with Crippen LogP contribution in [0.15, 0.2) is 70.3 Å². The predicted molar refractivity (Wildman–Crippen MR) is 86.6 cm³/mol. The first-order valence-electron chi connectivity index (χ1n) is 6.69. The topological polar surface area (TPSA) is 112 Å². The Morgan fingerprint density at radius 3 is 2.29 bits per heavy atom. The lowest BCUT2D eigenvalue weighted by atomic mass is 10.0. The highest BCUT2D eigenvalue weighted by Crippen LogP contribution is 2.31. The van der Waals surface area contributed by atoms with E-state index < -0.39 is 21.3 Å². The second kappa shape index (κ2) is 6.65. The molecule has 9 heteroatoms. The van der Waals surface area contributed by atoms with Gasteiger partial charge in [-0.1, -0.05) is 47.6 Å². The van der Waals surface area contributed by atoms with Crippen molar-refractivity contribution in [3.63, 3.8) is 0 Å². The lowest BCUT2D eigenvalue weighted by Crippen LogP contribution is -2.25. The van der Waals surface area contributed by atoms with Crippen LogP contribution in [-0.4, -0.2) is 22.3 Å². The summed E-state index contributed by atoms with van der Waals surface area (Å²) >= 11 is -2.91. The molecule has 0 spiro atoms. The van der Waals surface area contributed by atoms with Crippen molar-refractivity contribution in [1.29, 1.82) is 0 Å². The molecule has 0 saturated carbocycles. The molecule has 0 saturated heterocycles. The Hall–Kier alpha value is -2.33. The van der Waals surface area contributed by atoms with Gasteiger partial charge in [0.05, 0.1) is 4.90 Å². The number of hydrogen-bond acceptors (Lipinski definition) is 6. The van der Waals surface area contributed by atoms with Crippen molar-refractivity contribution < 1.29 is 21.7 Å². The van der Waals surface area contributed by atoms with Crippen LogP contribution in [-0.2, 0) is 21.3 Å². The summed E-state index contributed by atoms with van der Waals surface area (Å²) in [5, 5.41) is 3.99. The molecule has 0 aliphatic rings. The number of rotatable bonds is 5. The van der Waals surface area contributed by atoms with Crippen LogP contribution in [0, 0.1) is 0 Å². The van der Waals surface area contributed by atoms with Crippen LogP contribution in [0.4, 0.5) is 0 Å². The summed E-state index contributed by atoms with van der Waals surface area (Å²) in [5.41, 5.74) is 2.88. The van der Waals surface area contributed by atoms with E-state index in [1.807, 2.05) is 30.3 Å². The Kier molecular flexibility index (Phi) is 4.58. The molecule has 2 aromatic carbocycles. The summed E-state index contributed by atoms with van der Waals surface area (Å²) in [7, 11) is -4.11. The van der Waals surface area contributed by atoms with E-state index in [0.717, 1.165) is 5.56 Å². The van der Waals surface area contributed by atoms with Gasteiger partial charge in [-0.3, -0.25) is 4.21 Å². The molecule has 0 bridgehead atoms. The highest BCUT2D eigenvalue weighted by atomic mass is 32.3. The molecule has 3 aromatic rings. The third-order valence-electron chi connectivity index (χ3n) is 3.27. The Morgan fingerprint density at radius 1 is 1.00 bits per heavy atom. The molecule has 1 N–H and O–H groups in total. The number of nitrogens with zero attached hydrogens (tertiary/aromatic N) is 1. The molecule has 0 aliphatic carbocycles. The van der Waals surface area contributed by atoms with E-state index in [1.165, 1.54) is 22.5 Å². The van der Waals surface area contributed by atoms with Crippen LogP contribution in [0.25, 0.3) is 22.4 Å². The Bertz CT molecular complexity index is 967. The number of benzene rings is 2. The molecule has 3 rings (SSSR count). The quantitative estimate of drug-likeness (QED) is 0.695. The van der Waals surface area contributed by atoms with Crippen LogP contribution in [0.5, 0.6) is 0 Å². The molecule has 0 radical (unpaired) electrons. The second-order valence-corrected chi connectivity index (χ2v) is 7.40. The van der Waals surface area contributed by atoms with E-state index in [-0.39, 0.29) is 4.90 Å². The molecule has 124 valence electrons. The van der Waals surface area contributed by atoms with E-state index in [9.17, 15) is 17.2 Å². The van der Waals surface area contributed by atoms with Crippen molar-refractivity contribution in [2.24, 2.45) is 0 Å². The van der Waals surface area contributed by atoms with Crippen molar-refractivity contribution in [3.8, 4) is 22.4 Å². The van der Waals surface area contributed by atoms with Gasteiger partial charge in [0, 0.05) is 22.4 Å². The highest BCUT2D eigenvalue weighted by Gasteiger charge is 2.16. The van der Waals surface area contributed by atoms with Crippen LogP contribution in [0.3, 0.4) is 0 Å². The van der Waals surface area contributed by atoms with E-state index >= 15 is 0 Å². The van der Waals surface area contributed by atoms with Gasteiger partial charge >= 0.3 is 0 Å². The van der Waals surface area contributed by atoms with Crippen molar-refractivity contribution in [2.75, 3.05) is 0 Å². The molecule has 0 aliphatic heterocycles. The first-order chi connectivity index (χ1) is 11.5. The SMILES string of the molecule is O=S([O-])NS(=O)(=O)c1ccc(-c2conc2-c2ccccc2)cc1. The lowest BCUT2D eigenvalue weighted by molar-refractivity contribution is 0.422. The lowest BCUT2D eigenvalue weighted by Gasteiger charge is -2.09. The summed E-state index contributed by atoms with van der Waals surface area (Å²) in [4.78, 5) is -0.159. The Morgan fingerprint density at radius 2 is 1.67 bits per heavy atom. The molecule has 1 aromatic heterocycles. The molecule has 0 amide bonds. The van der Waals surface area contributed by atoms with Crippen molar-refractivity contribution in [1.82, 2.24) is 9.28 Å². The monoisotopic (exact) mass is 363 g/mol. The van der Waals surface area contributed by atoms with Gasteiger partial charge in [-0.25, -0.2) is 8.42 Å². The maximum absolute atomic E-state index is 11.8. The van der Waals surface area contributed by atoms with Gasteiger partial charge in [-0.2, -0.15) is 0 Å². The zero-order valence-corrected chi connectivity index (χ0v) is 13.7. The molecular formula is C15H11N2O5S2-. The van der Waals surface area contributed by atoms with E-state index in [2.05, 4.69) is 5.16 Å². The molecular weight excluding hydrogens is 352 g/mol. The zero-order chi connectivity index (χ0) is 17.2. The largest absolute Gasteiger partial charge is 0.759 e. The van der Waals surface area contributed by atoms with Gasteiger partial charge in [0.25, 0.3) is 10.0 Å². The van der Waals surface area contributed by atoms with Gasteiger partial charge in [0.15, 0.2) is 0 Å². The fourth-order valence-electron chi connectivity index (χ4n) is 2.20. The van der Waals surface area contributed by atoms with Crippen LogP contribution < -0.4 is 4.13 Å². The number of nitrogens with one attached hydrogen (secondary N) is 1. The summed E-state index contributed by atoms with van der Waals surface area (Å²) in [6.07, 6.45) is 1.47. The van der Waals surface area contributed by atoms with E-state index in [4.69, 9.17) is 4.52 Å². The third kappa shape index (κ3) is 3.44. The standard InChI is InChI=1S/C15H12N2O5S2/c18-23(19)17-24(20,21)13-8-6-11(7-9-13)14-10-22-16-15(14)12-4-2-1-3-5-12/h1-10,17H,(H,18,19)/p-1. The van der Waals surface area contributed by atoms with Gasteiger partial charge in [-0.15, -0.1) is 4.13 Å². The van der Waals surface area contributed by atoms with Gasteiger partial charge in [-0.05, 0) is 17.7 Å². The number of hydrogen-bond donors (Lipinski definition) is 1. The molecule has 7 nitrogen and oxygen atoms in total. The Labute approximate surface area is 140 Å². The highest BCUT2D eigenvalue weighted by molar-refractivity contribution is 8.00. The number of sulfonamides is 1. The van der Waals surface area contributed by atoms with Crippen LogP contribution >= 0.6 is 0 Å². The third-order valence-corrected chi connectivity index (χ3v) is 5.59. The first-order valence-corrected chi connectivity index (χ1v) is 9.25. The smallest absolute Gasteiger partial charge is 0.250 e. The van der Waals surface area contributed by atoms with E-state index in [1.54, 1.807) is 12.1 Å². The normalized spacial score (nSPS) is 12.9. The van der Waals surface area contributed by atoms with Crippen molar-refractivity contribution in [3.05, 3.63) is 60.9 Å². The number of aromatic nitrogens is 1. The minimum Gasteiger partial charge on any atom is -0.759 e. The maximum atomic E-state index is 11.8. The van der Waals surface area contributed by atoms with Gasteiger partial charge < -0.3 is 9.08 Å². The van der Waals surface area contributed by atoms with Gasteiger partial charge in [0.2, 0.25) is 0 Å². The van der Waals surface area contributed by atoms with E-state index in [0.29, 0.717) is 16.8 Å². The molecule has 24 heavy (non-hydrogen) atoms. The molecule has 1 atom stereocenters. The summed E-state index contributed by atoms with van der Waals surface area (Å²) in [6.45, 7) is 0. The molecule has 1 heterocycles. The summed E-state index contributed by atoms with van der Waals surface area (Å²) in [5.74, 6) is 0. The average Bonchev–Trinajstić information content (AvgIpc) is 3.04. The van der Waals surface area contributed by atoms with Crippen LogP contribution in [0.2, 0.25) is 0 Å². The van der Waals surface area contributed by atoms with Crippen molar-refractivity contribution >= 4 is 21.3 Å². The predicted octanol–water partition coefficient (Wildman–Crippen LogP) is 2.08. The fraction of sp³-hybridized carbons (Fsp3) is 0. The Balaban J connectivity index is 1.96. The molecule has 1 unspecified atom stereocenters. The average molecular weight is 363 g/mol. The first kappa shape index (κ1) is 16.5. The summed E-state index contributed by atoms with van der Waals surface area (Å²) < 4.78 is 51.2. The second-order valence-electron chi connectivity index (χ2n) is 4.79. The minimum absolute atomic E-state index is 0.159. The van der Waals surface area contributed by atoms with Crippen molar-refractivity contribution in [2.45, 2.75) is 4.90 Å². The zero-order valence-electron chi connectivity index (χ0n) is 12.1.